The first kappa shape index (κ1) is 57.2. The van der Waals surface area contributed by atoms with E-state index in [2.05, 4.69) is 0 Å². The molecule has 3 aromatic rings. The van der Waals surface area contributed by atoms with Crippen molar-refractivity contribution in [3.05, 3.63) is 89.5 Å². The van der Waals surface area contributed by atoms with Gasteiger partial charge in [0, 0.05) is 39.6 Å². The van der Waals surface area contributed by atoms with Gasteiger partial charge in [0.25, 0.3) is 0 Å². The van der Waals surface area contributed by atoms with E-state index in [0.717, 1.165) is 56.3 Å². The van der Waals surface area contributed by atoms with Crippen LogP contribution in [-0.4, -0.2) is 39.6 Å². The molecule has 0 aromatic heterocycles. The molecule has 6 rings (SSSR count). The van der Waals surface area contributed by atoms with Crippen molar-refractivity contribution < 1.29 is 184 Å². The molecule has 0 unspecified atom stereocenters. The zero-order valence-electron chi connectivity index (χ0n) is 34.4. The molecule has 3 fully saturated rings. The molecule has 0 amide bonds. The third-order valence-electron chi connectivity index (χ3n) is 7.57. The first-order chi connectivity index (χ1) is 22.5. The van der Waals surface area contributed by atoms with Gasteiger partial charge in [0.15, 0.2) is 0 Å². The van der Waals surface area contributed by atoms with Crippen LogP contribution in [0.25, 0.3) is 0 Å². The summed E-state index contributed by atoms with van der Waals surface area (Å²) in [7, 11) is 0. The maximum Gasteiger partial charge on any atom is 1.00 e. The van der Waals surface area contributed by atoms with Crippen LogP contribution in [-0.2, 0) is 30.5 Å². The monoisotopic (exact) mass is 780 g/mol. The minimum absolute atomic E-state index is 0. The molecule has 3 aliphatic heterocycles. The van der Waals surface area contributed by atoms with Crippen molar-refractivity contribution in [3.8, 4) is 17.2 Å². The Hall–Kier alpha value is 1.85. The van der Waals surface area contributed by atoms with Crippen molar-refractivity contribution in [1.82, 2.24) is 0 Å². The molecule has 3 saturated heterocycles. The standard InChI is InChI=1S/3C10H14O.3C4H8O.3K/c3*1-10(2,3)8-6-4-5-7-9(8)11;3*1-2-4-5-3-1;;;/h3*4-7,11H,1-3H3;3*1-4H2;;;/q;;;;;;3*+1/p-3. The molecule has 3 heterocycles. The average Bonchev–Trinajstić information content (AvgIpc) is 3.85. The average molecular weight is 781 g/mol. The van der Waals surface area contributed by atoms with Crippen LogP contribution >= 0.6 is 0 Å². The van der Waals surface area contributed by atoms with Gasteiger partial charge in [-0.1, -0.05) is 152 Å². The Morgan fingerprint density at radius 3 is 0.627 bits per heavy atom. The summed E-state index contributed by atoms with van der Waals surface area (Å²) in [5.74, 6) is 0.417. The summed E-state index contributed by atoms with van der Waals surface area (Å²) >= 11 is 0. The second-order valence-electron chi connectivity index (χ2n) is 15.2. The zero-order chi connectivity index (χ0) is 36.1. The molecule has 270 valence electrons. The number of hydrogen-bond donors (Lipinski definition) is 0. The van der Waals surface area contributed by atoms with Gasteiger partial charge in [-0.25, -0.2) is 0 Å². The van der Waals surface area contributed by atoms with Crippen LogP contribution in [0.4, 0.5) is 0 Å². The van der Waals surface area contributed by atoms with Gasteiger partial charge in [0.05, 0.1) is 0 Å². The van der Waals surface area contributed by atoms with E-state index in [-0.39, 0.29) is 188 Å². The molecule has 0 atom stereocenters. The zero-order valence-corrected chi connectivity index (χ0v) is 43.7. The van der Waals surface area contributed by atoms with E-state index in [1.807, 2.05) is 98.7 Å². The first-order valence-corrected chi connectivity index (χ1v) is 17.6. The normalized spacial score (nSPS) is 14.5. The van der Waals surface area contributed by atoms with E-state index in [4.69, 9.17) is 14.2 Å². The molecule has 0 N–H and O–H groups in total. The van der Waals surface area contributed by atoms with E-state index in [9.17, 15) is 15.3 Å². The van der Waals surface area contributed by atoms with Crippen LogP contribution in [0.15, 0.2) is 72.8 Å². The van der Waals surface area contributed by atoms with Crippen LogP contribution in [0.5, 0.6) is 17.2 Å². The van der Waals surface area contributed by atoms with Crippen LogP contribution in [0.1, 0.15) is 118 Å². The molecule has 6 nitrogen and oxygen atoms in total. The quantitative estimate of drug-likeness (QED) is 0.288. The van der Waals surface area contributed by atoms with Crippen molar-refractivity contribution in [2.24, 2.45) is 0 Å². The number of rotatable bonds is 0. The molecular weight excluding hydrogens is 718 g/mol. The van der Waals surface area contributed by atoms with E-state index < -0.39 is 0 Å². The first-order valence-electron chi connectivity index (χ1n) is 17.6. The van der Waals surface area contributed by atoms with Gasteiger partial charge < -0.3 is 29.5 Å². The second-order valence-corrected chi connectivity index (χ2v) is 15.2. The molecule has 0 bridgehead atoms. The van der Waals surface area contributed by atoms with Crippen molar-refractivity contribution in [2.75, 3.05) is 39.6 Å². The van der Waals surface area contributed by atoms with E-state index in [1.165, 1.54) is 38.5 Å². The Bertz CT molecular complexity index is 1080. The molecule has 0 spiro atoms. The van der Waals surface area contributed by atoms with E-state index in [0.29, 0.717) is 0 Å². The Balaban J connectivity index is -0.000000553. The van der Waals surface area contributed by atoms with Gasteiger partial charge in [0.1, 0.15) is 0 Å². The summed E-state index contributed by atoms with van der Waals surface area (Å²) in [6.45, 7) is 24.4. The minimum atomic E-state index is -0.0294. The molecule has 3 aliphatic rings. The summed E-state index contributed by atoms with van der Waals surface area (Å²) < 4.78 is 14.8. The SMILES string of the molecule is C1CCOC1.C1CCOC1.C1CCOC1.CC(C)(C)c1ccccc1[O-].CC(C)(C)c1ccccc1[O-].CC(C)(C)c1ccccc1[O-].[K+].[K+].[K+]. The Morgan fingerprint density at radius 1 is 0.353 bits per heavy atom. The molecule has 0 saturated carbocycles. The third-order valence-corrected chi connectivity index (χ3v) is 7.57. The van der Waals surface area contributed by atoms with Crippen molar-refractivity contribution in [1.29, 1.82) is 0 Å². The number of ether oxygens (including phenoxy) is 3. The summed E-state index contributed by atoms with van der Waals surface area (Å²) in [4.78, 5) is 0. The smallest absolute Gasteiger partial charge is 0.872 e. The number of benzene rings is 3. The van der Waals surface area contributed by atoms with Gasteiger partial charge >= 0.3 is 154 Å². The molecule has 51 heavy (non-hydrogen) atoms. The summed E-state index contributed by atoms with van der Waals surface area (Å²) in [5.41, 5.74) is 2.58. The Kier molecular flexibility index (Phi) is 35.7. The maximum absolute atomic E-state index is 11.3. The van der Waals surface area contributed by atoms with E-state index >= 15 is 0 Å². The fourth-order valence-electron chi connectivity index (χ4n) is 4.79. The number of para-hydroxylation sites is 3. The molecule has 0 radical (unpaired) electrons. The topological polar surface area (TPSA) is 96.9 Å². The fourth-order valence-corrected chi connectivity index (χ4v) is 4.79. The molecule has 0 aliphatic carbocycles. The van der Waals surface area contributed by atoms with Crippen LogP contribution in [0, 0.1) is 0 Å². The third kappa shape index (κ3) is 28.0. The van der Waals surface area contributed by atoms with Crippen molar-refractivity contribution >= 4 is 0 Å². The van der Waals surface area contributed by atoms with E-state index in [1.54, 1.807) is 36.4 Å². The predicted molar refractivity (Wildman–Crippen MR) is 194 cm³/mol. The summed E-state index contributed by atoms with van der Waals surface area (Å²) in [6, 6.07) is 21.5. The second kappa shape index (κ2) is 31.9. The minimum Gasteiger partial charge on any atom is -0.872 e. The van der Waals surface area contributed by atoms with Crippen LogP contribution in [0.3, 0.4) is 0 Å². The van der Waals surface area contributed by atoms with Gasteiger partial charge in [0.2, 0.25) is 0 Å². The summed E-state index contributed by atoms with van der Waals surface area (Å²) in [5, 5.41) is 33.8. The van der Waals surface area contributed by atoms with Gasteiger partial charge in [-0.3, -0.25) is 0 Å². The Morgan fingerprint density at radius 2 is 0.529 bits per heavy atom. The number of hydrogen-bond acceptors (Lipinski definition) is 6. The van der Waals surface area contributed by atoms with Gasteiger partial charge in [-0.05, 0) is 54.8 Å². The molecule has 3 aromatic carbocycles. The molecule has 9 heteroatoms. The Labute approximate surface area is 439 Å². The van der Waals surface area contributed by atoms with Crippen LogP contribution in [0.2, 0.25) is 0 Å². The predicted octanol–water partition coefficient (Wildman–Crippen LogP) is -0.424. The van der Waals surface area contributed by atoms with Crippen LogP contribution < -0.4 is 169 Å². The van der Waals surface area contributed by atoms with Crippen molar-refractivity contribution in [3.63, 3.8) is 0 Å². The molecular formula is C42H63K3O6. The largest absolute Gasteiger partial charge is 1.00 e. The maximum atomic E-state index is 11.3. The van der Waals surface area contributed by atoms with Crippen molar-refractivity contribution in [2.45, 2.75) is 117 Å². The van der Waals surface area contributed by atoms with Gasteiger partial charge in [-0.15, -0.1) is 17.2 Å². The summed E-state index contributed by atoms with van der Waals surface area (Å²) in [6.07, 6.45) is 7.67. The fraction of sp³-hybridized carbons (Fsp3) is 0.571. The van der Waals surface area contributed by atoms with Gasteiger partial charge in [-0.2, -0.15) is 0 Å².